The first-order valence-corrected chi connectivity index (χ1v) is 6.82. The Balaban J connectivity index is 1.90. The highest BCUT2D eigenvalue weighted by atomic mass is 16.4. The monoisotopic (exact) mass is 281 g/mol. The molecule has 1 N–H and O–H groups in total. The van der Waals surface area contributed by atoms with Gasteiger partial charge in [0.2, 0.25) is 5.91 Å². The van der Waals surface area contributed by atoms with Gasteiger partial charge in [0.05, 0.1) is 0 Å². The number of aliphatic carboxylic acids is 1. The summed E-state index contributed by atoms with van der Waals surface area (Å²) in [4.78, 5) is 35.9. The third-order valence-corrected chi connectivity index (χ3v) is 3.79. The molecule has 1 atom stereocenters. The molecule has 0 saturated carbocycles. The van der Waals surface area contributed by atoms with Crippen molar-refractivity contribution in [3.05, 3.63) is 0 Å². The molecule has 0 aromatic rings. The molecule has 0 bridgehead atoms. The van der Waals surface area contributed by atoms with Crippen LogP contribution in [0.1, 0.15) is 32.1 Å². The molecular weight excluding hydrogens is 262 g/mol. The molecule has 1 unspecified atom stereocenters. The first-order valence-electron chi connectivity index (χ1n) is 6.82. The van der Waals surface area contributed by atoms with Gasteiger partial charge >= 0.3 is 5.97 Å². The molecule has 0 aromatic carbocycles. The van der Waals surface area contributed by atoms with Crippen LogP contribution in [0.15, 0.2) is 5.10 Å². The highest BCUT2D eigenvalue weighted by Crippen LogP contribution is 2.22. The normalized spacial score (nSPS) is 22.9. The lowest BCUT2D eigenvalue weighted by molar-refractivity contribution is -0.137. The maximum atomic E-state index is 12.3. The molecule has 1 saturated heterocycles. The van der Waals surface area contributed by atoms with Crippen LogP contribution in [0.25, 0.3) is 0 Å². The van der Waals surface area contributed by atoms with Crippen LogP contribution in [0, 0.1) is 5.92 Å². The van der Waals surface area contributed by atoms with Crippen molar-refractivity contribution in [2.75, 3.05) is 20.1 Å². The van der Waals surface area contributed by atoms with Crippen molar-refractivity contribution in [2.24, 2.45) is 11.0 Å². The lowest BCUT2D eigenvalue weighted by Gasteiger charge is -2.22. The largest absolute Gasteiger partial charge is 0.481 e. The number of hydrazone groups is 1. The van der Waals surface area contributed by atoms with E-state index in [1.807, 2.05) is 0 Å². The second kappa shape index (κ2) is 6.02. The Hall–Kier alpha value is -1.92. The number of carboxylic acids is 1. The highest BCUT2D eigenvalue weighted by Gasteiger charge is 2.31. The lowest BCUT2D eigenvalue weighted by Crippen LogP contribution is -2.39. The summed E-state index contributed by atoms with van der Waals surface area (Å²) in [5, 5.41) is 13.9. The summed E-state index contributed by atoms with van der Waals surface area (Å²) in [7, 11) is 1.55. The minimum absolute atomic E-state index is 0.0812. The average molecular weight is 281 g/mol. The second-order valence-electron chi connectivity index (χ2n) is 5.30. The smallest absolute Gasteiger partial charge is 0.303 e. The van der Waals surface area contributed by atoms with Crippen molar-refractivity contribution in [3.63, 3.8) is 0 Å². The summed E-state index contributed by atoms with van der Waals surface area (Å²) < 4.78 is 0. The van der Waals surface area contributed by atoms with E-state index in [2.05, 4.69) is 5.10 Å². The molecule has 1 fully saturated rings. The molecule has 0 spiro atoms. The predicted molar refractivity (Wildman–Crippen MR) is 71.0 cm³/mol. The van der Waals surface area contributed by atoms with Crippen LogP contribution < -0.4 is 0 Å². The van der Waals surface area contributed by atoms with E-state index in [9.17, 15) is 14.4 Å². The molecule has 2 rings (SSSR count). The number of nitrogens with zero attached hydrogens (tertiary/aromatic N) is 3. The summed E-state index contributed by atoms with van der Waals surface area (Å²) in [6.45, 7) is 1.22. The van der Waals surface area contributed by atoms with E-state index in [0.717, 1.165) is 6.42 Å². The van der Waals surface area contributed by atoms with Gasteiger partial charge in [-0.25, -0.2) is 5.01 Å². The van der Waals surface area contributed by atoms with E-state index in [0.29, 0.717) is 38.1 Å². The molecule has 110 valence electrons. The predicted octanol–water partition coefficient (Wildman–Crippen LogP) is 0.308. The Kier molecular flexibility index (Phi) is 4.36. The standard InChI is InChI=1S/C13H19N3O4/c1-15-11(17)4-3-10(14-15)13(20)16-7-6-9(8-16)2-5-12(18)19/h9H,2-8H2,1H3,(H,18,19). The average Bonchev–Trinajstić information content (AvgIpc) is 2.87. The number of hydrogen-bond donors (Lipinski definition) is 1. The van der Waals surface area contributed by atoms with E-state index < -0.39 is 5.97 Å². The Morgan fingerprint density at radius 1 is 1.40 bits per heavy atom. The quantitative estimate of drug-likeness (QED) is 0.803. The number of carbonyl (C=O) groups is 3. The van der Waals surface area contributed by atoms with E-state index in [1.54, 1.807) is 11.9 Å². The fourth-order valence-corrected chi connectivity index (χ4v) is 2.59. The first kappa shape index (κ1) is 14.5. The number of carbonyl (C=O) groups excluding carboxylic acids is 2. The third kappa shape index (κ3) is 3.34. The van der Waals surface area contributed by atoms with Gasteiger partial charge in [0, 0.05) is 39.4 Å². The van der Waals surface area contributed by atoms with Gasteiger partial charge in [-0.3, -0.25) is 14.4 Å². The maximum Gasteiger partial charge on any atom is 0.303 e. The molecule has 7 nitrogen and oxygen atoms in total. The highest BCUT2D eigenvalue weighted by molar-refractivity contribution is 6.39. The van der Waals surface area contributed by atoms with Gasteiger partial charge in [-0.1, -0.05) is 0 Å². The molecule has 2 aliphatic heterocycles. The van der Waals surface area contributed by atoms with E-state index in [1.165, 1.54) is 5.01 Å². The first-order chi connectivity index (χ1) is 9.47. The minimum Gasteiger partial charge on any atom is -0.481 e. The van der Waals surface area contributed by atoms with E-state index in [4.69, 9.17) is 5.11 Å². The van der Waals surface area contributed by atoms with Gasteiger partial charge in [-0.15, -0.1) is 0 Å². The second-order valence-corrected chi connectivity index (χ2v) is 5.30. The summed E-state index contributed by atoms with van der Waals surface area (Å²) in [6, 6.07) is 0. The summed E-state index contributed by atoms with van der Waals surface area (Å²) in [5.41, 5.74) is 0.422. The van der Waals surface area contributed by atoms with Gasteiger partial charge in [0.25, 0.3) is 5.91 Å². The number of carboxylic acid groups (broad SMARTS) is 1. The SMILES string of the molecule is CN1N=C(C(=O)N2CCC(CCC(=O)O)C2)CCC1=O. The lowest BCUT2D eigenvalue weighted by atomic mass is 10.0. The Morgan fingerprint density at radius 3 is 2.80 bits per heavy atom. The molecular formula is C13H19N3O4. The van der Waals surface area contributed by atoms with Crippen molar-refractivity contribution in [3.8, 4) is 0 Å². The number of likely N-dealkylation sites (tertiary alicyclic amines) is 1. The van der Waals surface area contributed by atoms with Crippen LogP contribution in [-0.2, 0) is 14.4 Å². The number of rotatable bonds is 4. The number of hydrogen-bond acceptors (Lipinski definition) is 4. The van der Waals surface area contributed by atoms with Gasteiger partial charge < -0.3 is 10.0 Å². The van der Waals surface area contributed by atoms with Crippen LogP contribution in [0.4, 0.5) is 0 Å². The fourth-order valence-electron chi connectivity index (χ4n) is 2.59. The van der Waals surface area contributed by atoms with Crippen LogP contribution in [-0.4, -0.2) is 58.6 Å². The van der Waals surface area contributed by atoms with Crippen molar-refractivity contribution in [1.82, 2.24) is 9.91 Å². The van der Waals surface area contributed by atoms with Crippen LogP contribution in [0.2, 0.25) is 0 Å². The zero-order chi connectivity index (χ0) is 14.7. The zero-order valence-corrected chi connectivity index (χ0v) is 11.5. The van der Waals surface area contributed by atoms with Gasteiger partial charge in [0.15, 0.2) is 0 Å². The van der Waals surface area contributed by atoms with Crippen LogP contribution in [0.5, 0.6) is 0 Å². The van der Waals surface area contributed by atoms with Crippen LogP contribution >= 0.6 is 0 Å². The third-order valence-electron chi connectivity index (χ3n) is 3.79. The van der Waals surface area contributed by atoms with E-state index >= 15 is 0 Å². The van der Waals surface area contributed by atoms with Crippen LogP contribution in [0.3, 0.4) is 0 Å². The molecule has 7 heteroatoms. The van der Waals surface area contributed by atoms with Gasteiger partial charge in [0.1, 0.15) is 5.71 Å². The fraction of sp³-hybridized carbons (Fsp3) is 0.692. The zero-order valence-electron chi connectivity index (χ0n) is 11.5. The van der Waals surface area contributed by atoms with Crippen molar-refractivity contribution < 1.29 is 19.5 Å². The Labute approximate surface area is 117 Å². The molecule has 0 aliphatic carbocycles. The molecule has 2 aliphatic rings. The van der Waals surface area contributed by atoms with Crippen molar-refractivity contribution >= 4 is 23.5 Å². The summed E-state index contributed by atoms with van der Waals surface area (Å²) in [5.74, 6) is -0.755. The minimum atomic E-state index is -0.799. The summed E-state index contributed by atoms with van der Waals surface area (Å²) >= 11 is 0. The Morgan fingerprint density at radius 2 is 2.15 bits per heavy atom. The van der Waals surface area contributed by atoms with Gasteiger partial charge in [-0.05, 0) is 18.8 Å². The maximum absolute atomic E-state index is 12.3. The topological polar surface area (TPSA) is 90.3 Å². The molecule has 2 heterocycles. The Bertz CT molecular complexity index is 461. The molecule has 20 heavy (non-hydrogen) atoms. The molecule has 0 aromatic heterocycles. The van der Waals surface area contributed by atoms with E-state index in [-0.39, 0.29) is 24.2 Å². The molecule has 0 radical (unpaired) electrons. The van der Waals surface area contributed by atoms with Crippen molar-refractivity contribution in [2.45, 2.75) is 32.1 Å². The number of amides is 2. The van der Waals surface area contributed by atoms with Gasteiger partial charge in [-0.2, -0.15) is 5.10 Å². The van der Waals surface area contributed by atoms with Crippen molar-refractivity contribution in [1.29, 1.82) is 0 Å². The summed E-state index contributed by atoms with van der Waals surface area (Å²) in [6.07, 6.45) is 2.28. The molecule has 2 amide bonds.